The van der Waals surface area contributed by atoms with Crippen LogP contribution in [0.3, 0.4) is 0 Å². The minimum Gasteiger partial charge on any atom is -0.271 e. The first-order valence-electron chi connectivity index (χ1n) is 6.18. The van der Waals surface area contributed by atoms with E-state index in [2.05, 4.69) is 5.43 Å². The number of benzene rings is 2. The molecule has 1 atom stereocenters. The molecule has 2 aromatic rings. The molecule has 0 aliphatic carbocycles. The van der Waals surface area contributed by atoms with Crippen LogP contribution in [-0.4, -0.2) is 0 Å². The minimum atomic E-state index is -0.408. The molecule has 0 amide bonds. The van der Waals surface area contributed by atoms with E-state index in [-0.39, 0.29) is 11.1 Å². The highest BCUT2D eigenvalue weighted by molar-refractivity contribution is 6.31. The van der Waals surface area contributed by atoms with Gasteiger partial charge in [-0.2, -0.15) is 0 Å². The van der Waals surface area contributed by atoms with Crippen LogP contribution in [0.2, 0.25) is 10.0 Å². The lowest BCUT2D eigenvalue weighted by molar-refractivity contribution is 0.527. The highest BCUT2D eigenvalue weighted by atomic mass is 35.5. The molecule has 2 rings (SSSR count). The second-order valence-electron chi connectivity index (χ2n) is 4.64. The van der Waals surface area contributed by atoms with E-state index in [9.17, 15) is 4.39 Å². The molecule has 2 nitrogen and oxygen atoms in total. The zero-order valence-corrected chi connectivity index (χ0v) is 12.5. The minimum absolute atomic E-state index is 0.112. The molecule has 20 heavy (non-hydrogen) atoms. The van der Waals surface area contributed by atoms with E-state index in [0.29, 0.717) is 17.0 Å². The molecule has 0 spiro atoms. The number of rotatable bonds is 4. The number of nitrogens with two attached hydrogens (primary N) is 1. The van der Waals surface area contributed by atoms with Crippen molar-refractivity contribution in [3.8, 4) is 0 Å². The number of aryl methyl sites for hydroxylation is 1. The van der Waals surface area contributed by atoms with E-state index in [1.165, 1.54) is 6.07 Å². The second kappa shape index (κ2) is 6.55. The van der Waals surface area contributed by atoms with Crippen molar-refractivity contribution in [1.29, 1.82) is 0 Å². The van der Waals surface area contributed by atoms with Crippen LogP contribution in [-0.2, 0) is 6.42 Å². The van der Waals surface area contributed by atoms with Crippen LogP contribution in [0.5, 0.6) is 0 Å². The van der Waals surface area contributed by atoms with E-state index in [4.69, 9.17) is 29.0 Å². The fourth-order valence-corrected chi connectivity index (χ4v) is 2.55. The van der Waals surface area contributed by atoms with Gasteiger partial charge in [0, 0.05) is 5.02 Å². The van der Waals surface area contributed by atoms with Gasteiger partial charge in [0.25, 0.3) is 0 Å². The third kappa shape index (κ3) is 3.30. The van der Waals surface area contributed by atoms with Gasteiger partial charge in [-0.05, 0) is 48.2 Å². The Morgan fingerprint density at radius 2 is 2.00 bits per heavy atom. The van der Waals surface area contributed by atoms with Gasteiger partial charge in [0.05, 0.1) is 11.1 Å². The average molecular weight is 313 g/mol. The van der Waals surface area contributed by atoms with Gasteiger partial charge < -0.3 is 0 Å². The maximum Gasteiger partial charge on any atom is 0.145 e. The summed E-state index contributed by atoms with van der Waals surface area (Å²) in [6.07, 6.45) is 0.393. The largest absolute Gasteiger partial charge is 0.271 e. The summed E-state index contributed by atoms with van der Waals surface area (Å²) in [5.74, 6) is 5.20. The van der Waals surface area contributed by atoms with Crippen LogP contribution >= 0.6 is 23.2 Å². The van der Waals surface area contributed by atoms with Crippen LogP contribution in [0, 0.1) is 12.7 Å². The van der Waals surface area contributed by atoms with Crippen molar-refractivity contribution in [2.24, 2.45) is 5.84 Å². The lowest BCUT2D eigenvalue weighted by atomic mass is 9.95. The summed E-state index contributed by atoms with van der Waals surface area (Å²) in [6, 6.07) is 10.3. The number of hydrazine groups is 1. The van der Waals surface area contributed by atoms with Gasteiger partial charge >= 0.3 is 0 Å². The van der Waals surface area contributed by atoms with Crippen LogP contribution < -0.4 is 11.3 Å². The molecule has 0 aliphatic heterocycles. The lowest BCUT2D eigenvalue weighted by Gasteiger charge is -2.19. The number of hydrogen-bond donors (Lipinski definition) is 2. The molecular weight excluding hydrogens is 298 g/mol. The Morgan fingerprint density at radius 3 is 2.70 bits per heavy atom. The normalized spacial score (nSPS) is 12.4. The van der Waals surface area contributed by atoms with E-state index in [1.54, 1.807) is 12.1 Å². The quantitative estimate of drug-likeness (QED) is 0.656. The van der Waals surface area contributed by atoms with Gasteiger partial charge in [-0.1, -0.05) is 41.4 Å². The number of nitrogens with one attached hydrogen (secondary N) is 1. The van der Waals surface area contributed by atoms with Crippen molar-refractivity contribution in [3.63, 3.8) is 0 Å². The number of hydrogen-bond acceptors (Lipinski definition) is 2. The van der Waals surface area contributed by atoms with Crippen LogP contribution in [0.25, 0.3) is 0 Å². The topological polar surface area (TPSA) is 38.0 Å². The maximum atomic E-state index is 14.0. The standard InChI is InChI=1S/C15H15Cl2FN2/c1-9-5-6-11(16)8-12(9)14(20-19)7-10-3-2-4-13(17)15(10)18/h2-6,8,14,20H,7,19H2,1H3. The van der Waals surface area contributed by atoms with Crippen molar-refractivity contribution < 1.29 is 4.39 Å². The fourth-order valence-electron chi connectivity index (χ4n) is 2.17. The van der Waals surface area contributed by atoms with Gasteiger partial charge in [0.1, 0.15) is 5.82 Å². The molecule has 0 aromatic heterocycles. The van der Waals surface area contributed by atoms with E-state index in [0.717, 1.165) is 11.1 Å². The second-order valence-corrected chi connectivity index (χ2v) is 5.48. The Hall–Kier alpha value is -1.13. The predicted octanol–water partition coefficient (Wildman–Crippen LogP) is 4.19. The molecule has 2 aromatic carbocycles. The van der Waals surface area contributed by atoms with Crippen molar-refractivity contribution >= 4 is 23.2 Å². The molecule has 3 N–H and O–H groups in total. The highest BCUT2D eigenvalue weighted by Gasteiger charge is 2.16. The SMILES string of the molecule is Cc1ccc(Cl)cc1C(Cc1cccc(Cl)c1F)NN. The van der Waals surface area contributed by atoms with Crippen molar-refractivity contribution in [3.05, 3.63) is 69.0 Å². The molecule has 0 fully saturated rings. The summed E-state index contributed by atoms with van der Waals surface area (Å²) < 4.78 is 14.0. The Labute approximate surface area is 127 Å². The van der Waals surface area contributed by atoms with Crippen LogP contribution in [0.15, 0.2) is 36.4 Å². The Bertz CT molecular complexity index is 617. The first-order chi connectivity index (χ1) is 9.52. The van der Waals surface area contributed by atoms with Gasteiger partial charge in [-0.15, -0.1) is 0 Å². The first kappa shape index (κ1) is 15.3. The summed E-state index contributed by atoms with van der Waals surface area (Å²) in [5.41, 5.74) is 5.21. The van der Waals surface area contributed by atoms with E-state index < -0.39 is 5.82 Å². The van der Waals surface area contributed by atoms with E-state index in [1.807, 2.05) is 25.1 Å². The fraction of sp³-hybridized carbons (Fsp3) is 0.200. The third-order valence-electron chi connectivity index (χ3n) is 3.27. The zero-order chi connectivity index (χ0) is 14.7. The third-order valence-corrected chi connectivity index (χ3v) is 3.80. The number of halogens is 3. The summed E-state index contributed by atoms with van der Waals surface area (Å²) >= 11 is 11.8. The molecule has 0 saturated carbocycles. The molecule has 0 radical (unpaired) electrons. The van der Waals surface area contributed by atoms with Crippen LogP contribution in [0.1, 0.15) is 22.7 Å². The molecular formula is C15H15Cl2FN2. The first-order valence-corrected chi connectivity index (χ1v) is 6.93. The van der Waals surface area contributed by atoms with Gasteiger partial charge in [-0.25, -0.2) is 4.39 Å². The highest BCUT2D eigenvalue weighted by Crippen LogP contribution is 2.27. The van der Waals surface area contributed by atoms with Crippen molar-refractivity contribution in [2.45, 2.75) is 19.4 Å². The zero-order valence-electron chi connectivity index (χ0n) is 11.0. The van der Waals surface area contributed by atoms with Gasteiger partial charge in [-0.3, -0.25) is 11.3 Å². The molecule has 106 valence electrons. The molecule has 0 saturated heterocycles. The summed E-state index contributed by atoms with van der Waals surface area (Å²) in [4.78, 5) is 0. The van der Waals surface area contributed by atoms with Crippen molar-refractivity contribution in [2.75, 3.05) is 0 Å². The summed E-state index contributed by atoms with van der Waals surface area (Å²) in [6.45, 7) is 1.96. The average Bonchev–Trinajstić information content (AvgIpc) is 2.43. The summed E-state index contributed by atoms with van der Waals surface area (Å²) in [5, 5.41) is 0.735. The summed E-state index contributed by atoms with van der Waals surface area (Å²) in [7, 11) is 0. The maximum absolute atomic E-state index is 14.0. The van der Waals surface area contributed by atoms with E-state index >= 15 is 0 Å². The Balaban J connectivity index is 2.34. The molecule has 0 aliphatic rings. The Morgan fingerprint density at radius 1 is 1.25 bits per heavy atom. The van der Waals surface area contributed by atoms with Crippen molar-refractivity contribution in [1.82, 2.24) is 5.43 Å². The molecule has 1 unspecified atom stereocenters. The van der Waals surface area contributed by atoms with Gasteiger partial charge in [0.2, 0.25) is 0 Å². The van der Waals surface area contributed by atoms with Gasteiger partial charge in [0.15, 0.2) is 0 Å². The monoisotopic (exact) mass is 312 g/mol. The molecule has 0 heterocycles. The molecule has 0 bridgehead atoms. The molecule has 5 heteroatoms. The smallest absolute Gasteiger partial charge is 0.145 e. The lowest BCUT2D eigenvalue weighted by Crippen LogP contribution is -2.30. The Kier molecular flexibility index (Phi) is 5.00. The predicted molar refractivity (Wildman–Crippen MR) is 81.4 cm³/mol. The van der Waals surface area contributed by atoms with Crippen LogP contribution in [0.4, 0.5) is 4.39 Å².